The number of anilines is 1. The molecule has 0 saturated heterocycles. The van der Waals surface area contributed by atoms with Crippen LogP contribution in [0.4, 0.5) is 10.1 Å². The van der Waals surface area contributed by atoms with Gasteiger partial charge in [-0.1, -0.05) is 54.2 Å². The number of pyridine rings is 1. The van der Waals surface area contributed by atoms with E-state index >= 15 is 0 Å². The molecule has 178 valence electrons. The van der Waals surface area contributed by atoms with E-state index in [9.17, 15) is 14.0 Å². The molecule has 0 radical (unpaired) electrons. The number of carbonyl (C=O) groups is 1. The number of nitrogens with one attached hydrogen (secondary N) is 2. The Morgan fingerprint density at radius 2 is 1.69 bits per heavy atom. The molecule has 0 aliphatic carbocycles. The summed E-state index contributed by atoms with van der Waals surface area (Å²) in [6, 6.07) is 27.0. The molecule has 1 amide bonds. The number of nitrogens with zero attached hydrogens (tertiary/aromatic N) is 1. The third-order valence-corrected chi connectivity index (χ3v) is 6.61. The SMILES string of the molecule is CN[C@@H](C)C(=O)Nc1ccc(-c2ccccc2)n(Cc2cccc(Sc3ccc(F)cc3)c2)c1=O. The van der Waals surface area contributed by atoms with Crippen molar-refractivity contribution in [1.82, 2.24) is 9.88 Å². The van der Waals surface area contributed by atoms with Crippen molar-refractivity contribution < 1.29 is 9.18 Å². The van der Waals surface area contributed by atoms with Crippen LogP contribution in [0.15, 0.2) is 106 Å². The molecular weight excluding hydrogens is 461 g/mol. The second-order valence-electron chi connectivity index (χ2n) is 8.09. The highest BCUT2D eigenvalue weighted by atomic mass is 32.2. The number of benzene rings is 3. The highest BCUT2D eigenvalue weighted by molar-refractivity contribution is 7.99. The molecule has 0 unspecified atom stereocenters. The third-order valence-electron chi connectivity index (χ3n) is 5.62. The van der Waals surface area contributed by atoms with Crippen LogP contribution >= 0.6 is 11.8 Å². The fraction of sp³-hybridized carbons (Fsp3) is 0.143. The Bertz CT molecular complexity index is 1370. The number of hydrogen-bond donors (Lipinski definition) is 2. The lowest BCUT2D eigenvalue weighted by atomic mass is 10.1. The van der Waals surface area contributed by atoms with Crippen molar-refractivity contribution in [3.05, 3.63) is 113 Å². The quantitative estimate of drug-likeness (QED) is 0.349. The van der Waals surface area contributed by atoms with Gasteiger partial charge in [-0.2, -0.15) is 0 Å². The first kappa shape index (κ1) is 24.4. The summed E-state index contributed by atoms with van der Waals surface area (Å²) in [5, 5.41) is 5.63. The summed E-state index contributed by atoms with van der Waals surface area (Å²) in [4.78, 5) is 27.8. The van der Waals surface area contributed by atoms with Crippen LogP contribution in [-0.4, -0.2) is 23.6 Å². The summed E-state index contributed by atoms with van der Waals surface area (Å²) in [6.07, 6.45) is 0. The Hall–Kier alpha value is -3.68. The molecule has 0 spiro atoms. The van der Waals surface area contributed by atoms with Crippen LogP contribution in [0, 0.1) is 5.82 Å². The molecule has 3 aromatic carbocycles. The molecule has 0 aliphatic heterocycles. The van der Waals surface area contributed by atoms with Crippen LogP contribution < -0.4 is 16.2 Å². The maximum atomic E-state index is 13.5. The lowest BCUT2D eigenvalue weighted by Crippen LogP contribution is -2.37. The first-order valence-corrected chi connectivity index (χ1v) is 12.1. The van der Waals surface area contributed by atoms with Gasteiger partial charge in [-0.15, -0.1) is 0 Å². The van der Waals surface area contributed by atoms with Gasteiger partial charge < -0.3 is 15.2 Å². The largest absolute Gasteiger partial charge is 0.320 e. The summed E-state index contributed by atoms with van der Waals surface area (Å²) in [5.74, 6) is -0.548. The molecule has 1 aromatic heterocycles. The molecule has 1 heterocycles. The van der Waals surface area contributed by atoms with Crippen LogP contribution in [0.25, 0.3) is 11.3 Å². The molecule has 4 aromatic rings. The Kier molecular flexibility index (Phi) is 7.80. The van der Waals surface area contributed by atoms with E-state index in [0.29, 0.717) is 6.54 Å². The summed E-state index contributed by atoms with van der Waals surface area (Å²) in [6.45, 7) is 2.06. The second-order valence-corrected chi connectivity index (χ2v) is 9.24. The van der Waals surface area contributed by atoms with E-state index < -0.39 is 6.04 Å². The van der Waals surface area contributed by atoms with Crippen molar-refractivity contribution in [3.8, 4) is 11.3 Å². The Labute approximate surface area is 208 Å². The molecule has 7 heteroatoms. The van der Waals surface area contributed by atoms with Crippen molar-refractivity contribution in [2.75, 3.05) is 12.4 Å². The number of aromatic nitrogens is 1. The molecule has 5 nitrogen and oxygen atoms in total. The van der Waals surface area contributed by atoms with E-state index in [0.717, 1.165) is 26.6 Å². The predicted molar refractivity (Wildman–Crippen MR) is 139 cm³/mol. The van der Waals surface area contributed by atoms with Gasteiger partial charge in [0, 0.05) is 9.79 Å². The lowest BCUT2D eigenvalue weighted by molar-refractivity contribution is -0.117. The highest BCUT2D eigenvalue weighted by Gasteiger charge is 2.16. The van der Waals surface area contributed by atoms with Crippen LogP contribution in [0.5, 0.6) is 0 Å². The van der Waals surface area contributed by atoms with Crippen LogP contribution in [0.2, 0.25) is 0 Å². The monoisotopic (exact) mass is 487 g/mol. The minimum absolute atomic E-state index is 0.230. The fourth-order valence-corrected chi connectivity index (χ4v) is 4.49. The number of rotatable bonds is 8. The maximum Gasteiger partial charge on any atom is 0.275 e. The van der Waals surface area contributed by atoms with Crippen LogP contribution in [-0.2, 0) is 11.3 Å². The average Bonchev–Trinajstić information content (AvgIpc) is 2.88. The van der Waals surface area contributed by atoms with E-state index in [-0.39, 0.29) is 23.0 Å². The van der Waals surface area contributed by atoms with Crippen molar-refractivity contribution in [2.24, 2.45) is 0 Å². The topological polar surface area (TPSA) is 63.1 Å². The van der Waals surface area contributed by atoms with E-state index in [1.807, 2.05) is 60.7 Å². The van der Waals surface area contributed by atoms with Gasteiger partial charge in [0.15, 0.2) is 0 Å². The minimum Gasteiger partial charge on any atom is -0.320 e. The van der Waals surface area contributed by atoms with E-state index in [1.54, 1.807) is 36.7 Å². The molecule has 0 aliphatic rings. The summed E-state index contributed by atoms with van der Waals surface area (Å²) in [7, 11) is 1.69. The summed E-state index contributed by atoms with van der Waals surface area (Å²) in [5.41, 5.74) is 2.55. The van der Waals surface area contributed by atoms with Gasteiger partial charge in [-0.3, -0.25) is 9.59 Å². The smallest absolute Gasteiger partial charge is 0.275 e. The van der Waals surface area contributed by atoms with Crippen molar-refractivity contribution >= 4 is 23.4 Å². The first-order valence-electron chi connectivity index (χ1n) is 11.2. The van der Waals surface area contributed by atoms with Gasteiger partial charge in [-0.05, 0) is 73.6 Å². The molecule has 1 atom stereocenters. The maximum absolute atomic E-state index is 13.5. The van der Waals surface area contributed by atoms with Crippen molar-refractivity contribution in [2.45, 2.75) is 29.3 Å². The lowest BCUT2D eigenvalue weighted by Gasteiger charge is -2.17. The molecule has 2 N–H and O–H groups in total. The zero-order valence-corrected chi connectivity index (χ0v) is 20.3. The molecule has 0 fully saturated rings. The zero-order chi connectivity index (χ0) is 24.8. The van der Waals surface area contributed by atoms with Gasteiger partial charge in [0.2, 0.25) is 5.91 Å². The number of likely N-dealkylation sites (N-methyl/N-ethyl adjacent to an activating group) is 1. The van der Waals surface area contributed by atoms with Crippen LogP contribution in [0.3, 0.4) is 0 Å². The third kappa shape index (κ3) is 6.07. The highest BCUT2D eigenvalue weighted by Crippen LogP contribution is 2.29. The number of hydrogen-bond acceptors (Lipinski definition) is 4. The molecule has 35 heavy (non-hydrogen) atoms. The van der Waals surface area contributed by atoms with E-state index in [1.165, 1.54) is 23.9 Å². The average molecular weight is 488 g/mol. The standard InChI is InChI=1S/C28H26FN3O2S/c1-19(30-2)27(33)31-25-15-16-26(21-8-4-3-5-9-21)32(28(25)34)18-20-7-6-10-24(17-20)35-23-13-11-22(29)12-14-23/h3-17,19,30H,18H2,1-2H3,(H,31,33)/t19-/m0/s1. The zero-order valence-electron chi connectivity index (χ0n) is 19.5. The number of amides is 1. The molecular formula is C28H26FN3O2S. The van der Waals surface area contributed by atoms with E-state index in [2.05, 4.69) is 10.6 Å². The van der Waals surface area contributed by atoms with Crippen molar-refractivity contribution in [3.63, 3.8) is 0 Å². The van der Waals surface area contributed by atoms with Gasteiger partial charge in [0.25, 0.3) is 5.56 Å². The summed E-state index contributed by atoms with van der Waals surface area (Å²) < 4.78 is 14.9. The fourth-order valence-electron chi connectivity index (χ4n) is 3.59. The van der Waals surface area contributed by atoms with Crippen molar-refractivity contribution in [1.29, 1.82) is 0 Å². The molecule has 0 saturated carbocycles. The first-order chi connectivity index (χ1) is 16.9. The predicted octanol–water partition coefficient (Wildman–Crippen LogP) is 5.40. The van der Waals surface area contributed by atoms with Gasteiger partial charge in [-0.25, -0.2) is 4.39 Å². The van der Waals surface area contributed by atoms with Crippen LogP contribution in [0.1, 0.15) is 12.5 Å². The Morgan fingerprint density at radius 3 is 2.40 bits per heavy atom. The molecule has 4 rings (SSSR count). The second kappa shape index (κ2) is 11.2. The number of halogens is 1. The van der Waals surface area contributed by atoms with E-state index in [4.69, 9.17) is 0 Å². The van der Waals surface area contributed by atoms with Gasteiger partial charge in [0.05, 0.1) is 18.3 Å². The number of carbonyl (C=O) groups excluding carboxylic acids is 1. The minimum atomic E-state index is -0.434. The molecule has 0 bridgehead atoms. The summed E-state index contributed by atoms with van der Waals surface area (Å²) >= 11 is 1.53. The van der Waals surface area contributed by atoms with Gasteiger partial charge in [0.1, 0.15) is 11.5 Å². The Morgan fingerprint density at radius 1 is 0.943 bits per heavy atom. The Balaban J connectivity index is 1.69. The normalized spacial score (nSPS) is 11.7. The van der Waals surface area contributed by atoms with Gasteiger partial charge >= 0.3 is 0 Å².